The van der Waals surface area contributed by atoms with Crippen LogP contribution in [-0.4, -0.2) is 14.5 Å². The number of H-pyrrole nitrogens is 1. The third-order valence-corrected chi connectivity index (χ3v) is 5.31. The number of rotatable bonds is 3. The van der Waals surface area contributed by atoms with Crippen molar-refractivity contribution in [2.45, 2.75) is 59.1 Å². The van der Waals surface area contributed by atoms with Crippen molar-refractivity contribution < 1.29 is 9.13 Å². The summed E-state index contributed by atoms with van der Waals surface area (Å²) < 4.78 is 21.9. The fourth-order valence-corrected chi connectivity index (χ4v) is 3.74. The van der Waals surface area contributed by atoms with Crippen LogP contribution < -0.4 is 4.74 Å². The van der Waals surface area contributed by atoms with Crippen LogP contribution in [0, 0.1) is 5.82 Å². The molecule has 0 amide bonds. The van der Waals surface area contributed by atoms with Crippen molar-refractivity contribution in [1.82, 2.24) is 14.5 Å². The molecule has 0 fully saturated rings. The molecule has 0 bridgehead atoms. The summed E-state index contributed by atoms with van der Waals surface area (Å²) in [4.78, 5) is 8.03. The van der Waals surface area contributed by atoms with Crippen molar-refractivity contribution in [3.8, 4) is 5.88 Å². The largest absolute Gasteiger partial charge is 0.456 e. The minimum absolute atomic E-state index is 0.00775. The first kappa shape index (κ1) is 19.5. The molecular formula is C24H28FN3O. The Kier molecular flexibility index (Phi) is 4.45. The van der Waals surface area contributed by atoms with E-state index in [-0.39, 0.29) is 16.6 Å². The van der Waals surface area contributed by atoms with E-state index >= 15 is 0 Å². The topological polar surface area (TPSA) is 42.8 Å². The van der Waals surface area contributed by atoms with Gasteiger partial charge in [0.15, 0.2) is 6.73 Å². The van der Waals surface area contributed by atoms with Gasteiger partial charge >= 0.3 is 0 Å². The molecule has 0 spiro atoms. The molecule has 4 rings (SSSR count). The Morgan fingerprint density at radius 2 is 1.72 bits per heavy atom. The molecule has 3 aromatic heterocycles. The van der Waals surface area contributed by atoms with Gasteiger partial charge in [-0.1, -0.05) is 41.5 Å². The fourth-order valence-electron chi connectivity index (χ4n) is 3.74. The third-order valence-electron chi connectivity index (χ3n) is 5.31. The van der Waals surface area contributed by atoms with Crippen LogP contribution in [0.2, 0.25) is 0 Å². The zero-order chi connectivity index (χ0) is 21.0. The molecule has 0 aliphatic heterocycles. The van der Waals surface area contributed by atoms with Crippen molar-refractivity contribution in [3.63, 3.8) is 0 Å². The Balaban J connectivity index is 1.68. The maximum absolute atomic E-state index is 13.9. The van der Waals surface area contributed by atoms with E-state index < -0.39 is 0 Å². The van der Waals surface area contributed by atoms with Crippen LogP contribution in [-0.2, 0) is 17.6 Å². The number of aromatic amines is 1. The Hall–Kier alpha value is -2.82. The van der Waals surface area contributed by atoms with E-state index in [1.165, 1.54) is 6.07 Å². The number of hydrogen-bond acceptors (Lipinski definition) is 2. The van der Waals surface area contributed by atoms with E-state index in [1.807, 2.05) is 29.0 Å². The number of pyridine rings is 1. The SMILES string of the molecule is CC(C)(C)c1cn(COc2ccc3[nH]cc(C(C)(C)C)c3n2)c2ccc(F)cc12. The second kappa shape index (κ2) is 6.61. The summed E-state index contributed by atoms with van der Waals surface area (Å²) in [5.41, 5.74) is 5.04. The second-order valence-corrected chi connectivity index (χ2v) is 9.70. The number of aromatic nitrogens is 3. The van der Waals surface area contributed by atoms with Gasteiger partial charge < -0.3 is 14.3 Å². The zero-order valence-electron chi connectivity index (χ0n) is 17.9. The van der Waals surface area contributed by atoms with Crippen molar-refractivity contribution in [2.75, 3.05) is 0 Å². The van der Waals surface area contributed by atoms with Crippen LogP contribution in [0.3, 0.4) is 0 Å². The summed E-state index contributed by atoms with van der Waals surface area (Å²) in [7, 11) is 0. The Morgan fingerprint density at radius 1 is 1.00 bits per heavy atom. The number of hydrogen-bond donors (Lipinski definition) is 1. The van der Waals surface area contributed by atoms with Crippen LogP contribution in [0.1, 0.15) is 52.7 Å². The van der Waals surface area contributed by atoms with Crippen molar-refractivity contribution in [3.05, 3.63) is 59.7 Å². The van der Waals surface area contributed by atoms with Gasteiger partial charge in [-0.3, -0.25) is 0 Å². The van der Waals surface area contributed by atoms with E-state index in [4.69, 9.17) is 9.72 Å². The van der Waals surface area contributed by atoms with Gasteiger partial charge in [0, 0.05) is 29.4 Å². The Labute approximate surface area is 170 Å². The van der Waals surface area contributed by atoms with Crippen molar-refractivity contribution in [2.24, 2.45) is 0 Å². The van der Waals surface area contributed by atoms with Gasteiger partial charge in [0.05, 0.1) is 16.6 Å². The highest BCUT2D eigenvalue weighted by molar-refractivity contribution is 5.85. The van der Waals surface area contributed by atoms with Gasteiger partial charge in [-0.25, -0.2) is 9.37 Å². The number of nitrogens with one attached hydrogen (secondary N) is 1. The van der Waals surface area contributed by atoms with Gasteiger partial charge in [-0.05, 0) is 40.7 Å². The molecule has 0 saturated heterocycles. The predicted octanol–water partition coefficient (Wildman–Crippen LogP) is 6.29. The minimum atomic E-state index is -0.226. The van der Waals surface area contributed by atoms with Gasteiger partial charge in [-0.2, -0.15) is 0 Å². The van der Waals surface area contributed by atoms with E-state index in [0.717, 1.165) is 33.1 Å². The lowest BCUT2D eigenvalue weighted by atomic mass is 9.87. The molecule has 29 heavy (non-hydrogen) atoms. The predicted molar refractivity (Wildman–Crippen MR) is 116 cm³/mol. The summed E-state index contributed by atoms with van der Waals surface area (Å²) in [6, 6.07) is 8.78. The molecule has 4 aromatic rings. The normalized spacial score (nSPS) is 12.8. The number of halogens is 1. The lowest BCUT2D eigenvalue weighted by Crippen LogP contribution is -2.11. The van der Waals surface area contributed by atoms with Gasteiger partial charge in [0.2, 0.25) is 5.88 Å². The summed E-state index contributed by atoms with van der Waals surface area (Å²) in [6.45, 7) is 13.2. The molecule has 152 valence electrons. The molecule has 0 aliphatic rings. The van der Waals surface area contributed by atoms with Crippen LogP contribution in [0.25, 0.3) is 21.9 Å². The summed E-state index contributed by atoms with van der Waals surface area (Å²) in [6.07, 6.45) is 4.07. The summed E-state index contributed by atoms with van der Waals surface area (Å²) in [5, 5.41) is 0.921. The first-order chi connectivity index (χ1) is 13.5. The molecule has 0 radical (unpaired) electrons. The Bertz CT molecular complexity index is 1190. The molecule has 1 aromatic carbocycles. The van der Waals surface area contributed by atoms with Crippen LogP contribution in [0.15, 0.2) is 42.7 Å². The zero-order valence-corrected chi connectivity index (χ0v) is 17.9. The molecule has 5 heteroatoms. The number of nitrogens with zero attached hydrogens (tertiary/aromatic N) is 2. The molecule has 4 nitrogen and oxygen atoms in total. The molecule has 0 saturated carbocycles. The highest BCUT2D eigenvalue weighted by atomic mass is 19.1. The number of ether oxygens (including phenoxy) is 1. The molecule has 0 atom stereocenters. The maximum atomic E-state index is 13.9. The van der Waals surface area contributed by atoms with E-state index in [1.54, 1.807) is 6.07 Å². The molecule has 1 N–H and O–H groups in total. The average molecular weight is 394 g/mol. The smallest absolute Gasteiger partial charge is 0.215 e. The lowest BCUT2D eigenvalue weighted by Gasteiger charge is -2.17. The molecule has 3 heterocycles. The lowest BCUT2D eigenvalue weighted by molar-refractivity contribution is 0.232. The standard InChI is InChI=1S/C24H28FN3O/c1-23(2,3)17-12-26-19-8-10-21(27-22(17)19)29-14-28-13-18(24(4,5)6)16-11-15(25)7-9-20(16)28/h7-13,26H,14H2,1-6H3. The van der Waals surface area contributed by atoms with Crippen molar-refractivity contribution >= 4 is 21.9 Å². The van der Waals surface area contributed by atoms with Gasteiger partial charge in [0.25, 0.3) is 0 Å². The van der Waals surface area contributed by atoms with Crippen LogP contribution in [0.4, 0.5) is 4.39 Å². The quantitative estimate of drug-likeness (QED) is 0.444. The highest BCUT2D eigenvalue weighted by Crippen LogP contribution is 2.33. The maximum Gasteiger partial charge on any atom is 0.215 e. The summed E-state index contributed by atoms with van der Waals surface area (Å²) >= 11 is 0. The van der Waals surface area contributed by atoms with Crippen LogP contribution in [0.5, 0.6) is 5.88 Å². The van der Waals surface area contributed by atoms with E-state index in [0.29, 0.717) is 12.6 Å². The molecule has 0 unspecified atom stereocenters. The van der Waals surface area contributed by atoms with Gasteiger partial charge in [-0.15, -0.1) is 0 Å². The molecule has 0 aliphatic carbocycles. The minimum Gasteiger partial charge on any atom is -0.456 e. The van der Waals surface area contributed by atoms with E-state index in [2.05, 4.69) is 52.7 Å². The number of fused-ring (bicyclic) bond motifs is 2. The third kappa shape index (κ3) is 3.61. The first-order valence-corrected chi connectivity index (χ1v) is 9.94. The highest BCUT2D eigenvalue weighted by Gasteiger charge is 2.22. The molecular weight excluding hydrogens is 365 g/mol. The Morgan fingerprint density at radius 3 is 2.41 bits per heavy atom. The monoisotopic (exact) mass is 393 g/mol. The fraction of sp³-hybridized carbons (Fsp3) is 0.375. The van der Waals surface area contributed by atoms with Gasteiger partial charge in [0.1, 0.15) is 5.82 Å². The average Bonchev–Trinajstić information content (AvgIpc) is 3.19. The van der Waals surface area contributed by atoms with E-state index in [9.17, 15) is 4.39 Å². The number of benzene rings is 1. The second-order valence-electron chi connectivity index (χ2n) is 9.70. The van der Waals surface area contributed by atoms with Crippen molar-refractivity contribution in [1.29, 1.82) is 0 Å². The first-order valence-electron chi connectivity index (χ1n) is 9.94. The summed E-state index contributed by atoms with van der Waals surface area (Å²) in [5.74, 6) is 0.347. The van der Waals surface area contributed by atoms with Crippen LogP contribution >= 0.6 is 0 Å².